The standard InChI is InChI=1S/C19H19ClN2O2/c1-13(14-6-3-2-4-7-14)21-19(24)15-10-18(23)22(12-15)17-9-5-8-16(20)11-17/h2-9,11,13,15H,10,12H2,1H3,(H,21,24)/t13-,15-/m1/s1. The number of rotatable bonds is 4. The molecule has 3 rings (SSSR count). The Bertz CT molecular complexity index is 748. The van der Waals surface area contributed by atoms with Crippen LogP contribution in [0.5, 0.6) is 0 Å². The van der Waals surface area contributed by atoms with Crippen LogP contribution in [0, 0.1) is 5.92 Å². The monoisotopic (exact) mass is 342 g/mol. The second-order valence-electron chi connectivity index (χ2n) is 6.03. The van der Waals surface area contributed by atoms with E-state index in [1.807, 2.05) is 43.3 Å². The quantitative estimate of drug-likeness (QED) is 0.923. The highest BCUT2D eigenvalue weighted by Gasteiger charge is 2.35. The van der Waals surface area contributed by atoms with Gasteiger partial charge >= 0.3 is 0 Å². The summed E-state index contributed by atoms with van der Waals surface area (Å²) in [4.78, 5) is 26.4. The van der Waals surface area contributed by atoms with E-state index in [4.69, 9.17) is 11.6 Å². The summed E-state index contributed by atoms with van der Waals surface area (Å²) in [6.45, 7) is 2.32. The van der Waals surface area contributed by atoms with Crippen LogP contribution in [0.2, 0.25) is 5.02 Å². The Balaban J connectivity index is 1.66. The number of hydrogen-bond acceptors (Lipinski definition) is 2. The number of amides is 2. The third-order valence-corrected chi connectivity index (χ3v) is 4.51. The molecule has 0 bridgehead atoms. The number of nitrogens with one attached hydrogen (secondary N) is 1. The lowest BCUT2D eigenvalue weighted by atomic mass is 10.1. The van der Waals surface area contributed by atoms with Crippen molar-refractivity contribution in [1.82, 2.24) is 5.32 Å². The molecule has 0 radical (unpaired) electrons. The topological polar surface area (TPSA) is 49.4 Å². The van der Waals surface area contributed by atoms with Crippen LogP contribution >= 0.6 is 11.6 Å². The maximum Gasteiger partial charge on any atom is 0.227 e. The molecule has 1 fully saturated rings. The molecule has 2 amide bonds. The summed E-state index contributed by atoms with van der Waals surface area (Å²) in [5.74, 6) is -0.489. The average Bonchev–Trinajstić information content (AvgIpc) is 2.97. The third-order valence-electron chi connectivity index (χ3n) is 4.27. The number of carbonyl (C=O) groups is 2. The van der Waals surface area contributed by atoms with Crippen molar-refractivity contribution in [3.05, 3.63) is 65.2 Å². The first-order chi connectivity index (χ1) is 11.5. The van der Waals surface area contributed by atoms with E-state index < -0.39 is 0 Å². The van der Waals surface area contributed by atoms with E-state index in [0.717, 1.165) is 11.3 Å². The van der Waals surface area contributed by atoms with Crippen molar-refractivity contribution < 1.29 is 9.59 Å². The van der Waals surface area contributed by atoms with Gasteiger partial charge in [0, 0.05) is 23.7 Å². The smallest absolute Gasteiger partial charge is 0.227 e. The SMILES string of the molecule is C[C@@H](NC(=O)[C@@H]1CC(=O)N(c2cccc(Cl)c2)C1)c1ccccc1. The Morgan fingerprint density at radius 2 is 1.96 bits per heavy atom. The molecule has 1 saturated heterocycles. The molecule has 1 N–H and O–H groups in total. The van der Waals surface area contributed by atoms with E-state index in [0.29, 0.717) is 11.6 Å². The number of nitrogens with zero attached hydrogens (tertiary/aromatic N) is 1. The highest BCUT2D eigenvalue weighted by atomic mass is 35.5. The van der Waals surface area contributed by atoms with Crippen molar-refractivity contribution in [2.24, 2.45) is 5.92 Å². The van der Waals surface area contributed by atoms with Crippen molar-refractivity contribution >= 4 is 29.1 Å². The second-order valence-corrected chi connectivity index (χ2v) is 6.46. The maximum absolute atomic E-state index is 12.5. The molecule has 4 nitrogen and oxygen atoms in total. The van der Waals surface area contributed by atoms with Gasteiger partial charge in [0.25, 0.3) is 0 Å². The lowest BCUT2D eigenvalue weighted by Crippen LogP contribution is -2.34. The first-order valence-electron chi connectivity index (χ1n) is 7.96. The molecule has 0 spiro atoms. The predicted molar refractivity (Wildman–Crippen MR) is 94.9 cm³/mol. The molecule has 0 aliphatic carbocycles. The van der Waals surface area contributed by atoms with Gasteiger partial charge < -0.3 is 10.2 Å². The number of benzene rings is 2. The average molecular weight is 343 g/mol. The number of halogens is 1. The molecule has 124 valence electrons. The molecule has 5 heteroatoms. The van der Waals surface area contributed by atoms with Gasteiger partial charge in [0.1, 0.15) is 0 Å². The molecule has 2 atom stereocenters. The molecule has 2 aromatic carbocycles. The lowest BCUT2D eigenvalue weighted by Gasteiger charge is -2.19. The van der Waals surface area contributed by atoms with Crippen molar-refractivity contribution in [3.63, 3.8) is 0 Å². The van der Waals surface area contributed by atoms with Gasteiger partial charge in [-0.1, -0.05) is 48.0 Å². The number of carbonyl (C=O) groups excluding carboxylic acids is 2. The highest BCUT2D eigenvalue weighted by molar-refractivity contribution is 6.30. The summed E-state index contributed by atoms with van der Waals surface area (Å²) in [5.41, 5.74) is 1.78. The lowest BCUT2D eigenvalue weighted by molar-refractivity contribution is -0.126. The second kappa shape index (κ2) is 7.05. The van der Waals surface area contributed by atoms with Crippen molar-refractivity contribution in [2.45, 2.75) is 19.4 Å². The molecule has 2 aromatic rings. The summed E-state index contributed by atoms with van der Waals surface area (Å²) >= 11 is 5.99. The van der Waals surface area contributed by atoms with Gasteiger partial charge in [0.05, 0.1) is 12.0 Å². The Morgan fingerprint density at radius 1 is 1.21 bits per heavy atom. The molecular formula is C19H19ClN2O2. The molecule has 1 aliphatic rings. The summed E-state index contributed by atoms with van der Waals surface area (Å²) in [7, 11) is 0. The summed E-state index contributed by atoms with van der Waals surface area (Å²) < 4.78 is 0. The third kappa shape index (κ3) is 3.60. The van der Waals surface area contributed by atoms with E-state index >= 15 is 0 Å². The summed E-state index contributed by atoms with van der Waals surface area (Å²) in [5, 5.41) is 3.57. The van der Waals surface area contributed by atoms with Gasteiger partial charge in [-0.15, -0.1) is 0 Å². The van der Waals surface area contributed by atoms with Gasteiger partial charge in [-0.25, -0.2) is 0 Å². The Labute approximate surface area is 146 Å². The van der Waals surface area contributed by atoms with E-state index in [1.165, 1.54) is 0 Å². The van der Waals surface area contributed by atoms with Crippen LogP contribution in [0.3, 0.4) is 0 Å². The Morgan fingerprint density at radius 3 is 2.67 bits per heavy atom. The molecule has 1 heterocycles. The van der Waals surface area contributed by atoms with Crippen LogP contribution in [0.4, 0.5) is 5.69 Å². The van der Waals surface area contributed by atoms with Crippen molar-refractivity contribution in [3.8, 4) is 0 Å². The first-order valence-corrected chi connectivity index (χ1v) is 8.33. The molecule has 1 aliphatic heterocycles. The molecule has 0 unspecified atom stereocenters. The van der Waals surface area contributed by atoms with Gasteiger partial charge in [0.15, 0.2) is 0 Å². The van der Waals surface area contributed by atoms with Gasteiger partial charge in [-0.2, -0.15) is 0 Å². The minimum absolute atomic E-state index is 0.0511. The zero-order valence-corrected chi connectivity index (χ0v) is 14.2. The summed E-state index contributed by atoms with van der Waals surface area (Å²) in [6.07, 6.45) is 0.222. The molecule has 24 heavy (non-hydrogen) atoms. The van der Waals surface area contributed by atoms with Gasteiger partial charge in [-0.3, -0.25) is 9.59 Å². The van der Waals surface area contributed by atoms with Crippen LogP contribution in [0.15, 0.2) is 54.6 Å². The van der Waals surface area contributed by atoms with Gasteiger partial charge in [0.2, 0.25) is 11.8 Å². The Hall–Kier alpha value is -2.33. The largest absolute Gasteiger partial charge is 0.349 e. The van der Waals surface area contributed by atoms with Crippen LogP contribution in [0.1, 0.15) is 24.9 Å². The van der Waals surface area contributed by atoms with E-state index in [-0.39, 0.29) is 30.2 Å². The first kappa shape index (κ1) is 16.5. The minimum atomic E-state index is -0.345. The van der Waals surface area contributed by atoms with E-state index in [9.17, 15) is 9.59 Å². The fraction of sp³-hybridized carbons (Fsp3) is 0.263. The molecule has 0 aromatic heterocycles. The van der Waals surface area contributed by atoms with E-state index in [1.54, 1.807) is 23.1 Å². The van der Waals surface area contributed by atoms with Gasteiger partial charge in [-0.05, 0) is 30.7 Å². The number of anilines is 1. The van der Waals surface area contributed by atoms with Crippen LogP contribution in [-0.2, 0) is 9.59 Å². The van der Waals surface area contributed by atoms with Crippen molar-refractivity contribution in [1.29, 1.82) is 0 Å². The van der Waals surface area contributed by atoms with Crippen LogP contribution in [-0.4, -0.2) is 18.4 Å². The normalized spacial score (nSPS) is 18.5. The maximum atomic E-state index is 12.5. The highest BCUT2D eigenvalue weighted by Crippen LogP contribution is 2.27. The van der Waals surface area contributed by atoms with E-state index in [2.05, 4.69) is 5.32 Å². The van der Waals surface area contributed by atoms with Crippen LogP contribution in [0.25, 0.3) is 0 Å². The molecule has 0 saturated carbocycles. The fourth-order valence-corrected chi connectivity index (χ4v) is 3.12. The van der Waals surface area contributed by atoms with Crippen LogP contribution < -0.4 is 10.2 Å². The minimum Gasteiger partial charge on any atom is -0.349 e. The zero-order valence-electron chi connectivity index (χ0n) is 13.4. The summed E-state index contributed by atoms with van der Waals surface area (Å²) in [6, 6.07) is 16.8. The predicted octanol–water partition coefficient (Wildman–Crippen LogP) is 3.57. The zero-order chi connectivity index (χ0) is 17.1. The Kier molecular flexibility index (Phi) is 4.86. The molecular weight excluding hydrogens is 324 g/mol. The number of hydrogen-bond donors (Lipinski definition) is 1. The van der Waals surface area contributed by atoms with Crippen molar-refractivity contribution in [2.75, 3.05) is 11.4 Å². The fourth-order valence-electron chi connectivity index (χ4n) is 2.93.